The molecule has 0 radical (unpaired) electrons. The minimum atomic E-state index is 0.0272. The van der Waals surface area contributed by atoms with E-state index in [0.29, 0.717) is 18.3 Å². The molecular weight excluding hydrogens is 288 g/mol. The van der Waals surface area contributed by atoms with Crippen LogP contribution >= 0.6 is 11.3 Å². The molecule has 1 aliphatic rings. The third-order valence-corrected chi connectivity index (χ3v) is 4.20. The van der Waals surface area contributed by atoms with Gasteiger partial charge in [0.25, 0.3) is 0 Å². The van der Waals surface area contributed by atoms with Crippen molar-refractivity contribution in [1.29, 1.82) is 0 Å². The lowest BCUT2D eigenvalue weighted by molar-refractivity contribution is -0.120. The molecule has 1 N–H and O–H groups in total. The Morgan fingerprint density at radius 1 is 1.62 bits per heavy atom. The highest BCUT2D eigenvalue weighted by molar-refractivity contribution is 7.08. The molecule has 1 aliphatic heterocycles. The fourth-order valence-electron chi connectivity index (χ4n) is 2.62. The smallest absolute Gasteiger partial charge is 0.241 e. The largest absolute Gasteiger partial charge is 0.352 e. The van der Waals surface area contributed by atoms with Crippen LogP contribution in [0.2, 0.25) is 0 Å². The van der Waals surface area contributed by atoms with E-state index >= 15 is 0 Å². The van der Waals surface area contributed by atoms with Crippen LogP contribution in [0.15, 0.2) is 21.3 Å². The molecule has 1 saturated heterocycles. The van der Waals surface area contributed by atoms with Gasteiger partial charge in [-0.25, -0.2) is 0 Å². The molecule has 21 heavy (non-hydrogen) atoms. The molecule has 0 bridgehead atoms. The number of likely N-dealkylation sites (tertiary alicyclic amines) is 1. The number of thiophene rings is 1. The van der Waals surface area contributed by atoms with Crippen molar-refractivity contribution in [3.63, 3.8) is 0 Å². The summed E-state index contributed by atoms with van der Waals surface area (Å²) in [7, 11) is 0. The summed E-state index contributed by atoms with van der Waals surface area (Å²) in [6.45, 7) is 4.01. The van der Waals surface area contributed by atoms with Gasteiger partial charge in [-0.3, -0.25) is 9.69 Å². The average molecular weight is 306 g/mol. The fourth-order valence-corrected chi connectivity index (χ4v) is 3.26. The van der Waals surface area contributed by atoms with E-state index in [-0.39, 0.29) is 11.9 Å². The summed E-state index contributed by atoms with van der Waals surface area (Å²) in [4.78, 5) is 17.8. The van der Waals surface area contributed by atoms with Crippen molar-refractivity contribution in [2.45, 2.75) is 32.4 Å². The molecule has 6 nitrogen and oxygen atoms in total. The Morgan fingerprint density at radius 3 is 3.29 bits per heavy atom. The van der Waals surface area contributed by atoms with Crippen LogP contribution in [0.4, 0.5) is 0 Å². The molecular formula is C14H18N4O2S. The van der Waals surface area contributed by atoms with Crippen molar-refractivity contribution in [3.05, 3.63) is 22.7 Å². The summed E-state index contributed by atoms with van der Waals surface area (Å²) in [5.41, 5.74) is 0.991. The van der Waals surface area contributed by atoms with E-state index in [1.165, 1.54) is 0 Å². The zero-order valence-electron chi connectivity index (χ0n) is 11.9. The Balaban J connectivity index is 1.60. The van der Waals surface area contributed by atoms with Crippen LogP contribution in [0.3, 0.4) is 0 Å². The minimum Gasteiger partial charge on any atom is -0.352 e. The molecule has 1 atom stereocenters. The number of aromatic nitrogens is 2. The standard InChI is InChI=1S/C14H18N4O2S/c1-10(19)15-12-3-2-5-18(7-12)8-13-16-14(17-20-13)11-4-6-21-9-11/h4,6,9,12H,2-3,5,7-8H2,1H3,(H,15,19)/t12-/m0/s1. The van der Waals surface area contributed by atoms with E-state index in [0.717, 1.165) is 31.5 Å². The predicted molar refractivity (Wildman–Crippen MR) is 79.7 cm³/mol. The first-order valence-corrected chi connectivity index (χ1v) is 7.99. The maximum absolute atomic E-state index is 11.1. The summed E-state index contributed by atoms with van der Waals surface area (Å²) in [6, 6.07) is 2.20. The van der Waals surface area contributed by atoms with Gasteiger partial charge >= 0.3 is 0 Å². The van der Waals surface area contributed by atoms with E-state index in [4.69, 9.17) is 4.52 Å². The molecule has 0 saturated carbocycles. The Hall–Kier alpha value is -1.73. The van der Waals surface area contributed by atoms with Crippen molar-refractivity contribution in [2.24, 2.45) is 0 Å². The molecule has 7 heteroatoms. The van der Waals surface area contributed by atoms with Gasteiger partial charge in [0, 0.05) is 30.5 Å². The van der Waals surface area contributed by atoms with Crippen LogP contribution in [-0.4, -0.2) is 40.1 Å². The van der Waals surface area contributed by atoms with Crippen molar-refractivity contribution in [2.75, 3.05) is 13.1 Å². The van der Waals surface area contributed by atoms with Gasteiger partial charge in [0.15, 0.2) is 0 Å². The molecule has 1 fully saturated rings. The highest BCUT2D eigenvalue weighted by Crippen LogP contribution is 2.20. The van der Waals surface area contributed by atoms with E-state index in [1.54, 1.807) is 18.3 Å². The number of amides is 1. The zero-order chi connectivity index (χ0) is 14.7. The first kappa shape index (κ1) is 14.2. The van der Waals surface area contributed by atoms with Gasteiger partial charge in [-0.2, -0.15) is 16.3 Å². The summed E-state index contributed by atoms with van der Waals surface area (Å²) in [5, 5.41) is 11.0. The molecule has 2 aromatic rings. The molecule has 112 valence electrons. The lowest BCUT2D eigenvalue weighted by atomic mass is 10.1. The average Bonchev–Trinajstić information content (AvgIpc) is 3.08. The normalized spacial score (nSPS) is 19.6. The monoisotopic (exact) mass is 306 g/mol. The SMILES string of the molecule is CC(=O)N[C@H]1CCCN(Cc2nc(-c3ccsc3)no2)C1. The lowest BCUT2D eigenvalue weighted by Crippen LogP contribution is -2.46. The zero-order valence-corrected chi connectivity index (χ0v) is 12.7. The minimum absolute atomic E-state index is 0.0272. The lowest BCUT2D eigenvalue weighted by Gasteiger charge is -2.31. The van der Waals surface area contributed by atoms with Crippen molar-refractivity contribution >= 4 is 17.2 Å². The maximum atomic E-state index is 11.1. The Kier molecular flexibility index (Phi) is 4.31. The highest BCUT2D eigenvalue weighted by Gasteiger charge is 2.22. The fraction of sp³-hybridized carbons (Fsp3) is 0.500. The van der Waals surface area contributed by atoms with Gasteiger partial charge in [0.1, 0.15) is 0 Å². The van der Waals surface area contributed by atoms with E-state index in [1.807, 2.05) is 16.8 Å². The van der Waals surface area contributed by atoms with Crippen molar-refractivity contribution in [3.8, 4) is 11.4 Å². The molecule has 3 rings (SSSR count). The molecule has 0 aliphatic carbocycles. The molecule has 0 aromatic carbocycles. The van der Waals surface area contributed by atoms with Crippen LogP contribution < -0.4 is 5.32 Å². The first-order chi connectivity index (χ1) is 10.2. The number of hydrogen-bond donors (Lipinski definition) is 1. The van der Waals surface area contributed by atoms with Crippen LogP contribution in [0.1, 0.15) is 25.7 Å². The Labute approximate surface area is 127 Å². The number of nitrogens with zero attached hydrogens (tertiary/aromatic N) is 3. The Morgan fingerprint density at radius 2 is 2.52 bits per heavy atom. The molecule has 1 amide bonds. The molecule has 0 unspecified atom stereocenters. The number of carbonyl (C=O) groups excluding carboxylic acids is 1. The van der Waals surface area contributed by atoms with Crippen LogP contribution in [0.25, 0.3) is 11.4 Å². The second-order valence-electron chi connectivity index (χ2n) is 5.30. The van der Waals surface area contributed by atoms with Gasteiger partial charge < -0.3 is 9.84 Å². The Bertz CT molecular complexity index is 596. The van der Waals surface area contributed by atoms with Gasteiger partial charge in [-0.15, -0.1) is 0 Å². The highest BCUT2D eigenvalue weighted by atomic mass is 32.1. The van der Waals surface area contributed by atoms with E-state index in [2.05, 4.69) is 20.4 Å². The quantitative estimate of drug-likeness (QED) is 0.934. The number of nitrogens with one attached hydrogen (secondary N) is 1. The second-order valence-corrected chi connectivity index (χ2v) is 6.08. The second kappa shape index (κ2) is 6.36. The summed E-state index contributed by atoms with van der Waals surface area (Å²) >= 11 is 1.61. The number of piperidine rings is 1. The van der Waals surface area contributed by atoms with Gasteiger partial charge in [-0.05, 0) is 30.8 Å². The van der Waals surface area contributed by atoms with Crippen LogP contribution in [0, 0.1) is 0 Å². The van der Waals surface area contributed by atoms with Crippen molar-refractivity contribution < 1.29 is 9.32 Å². The summed E-state index contributed by atoms with van der Waals surface area (Å²) in [6.07, 6.45) is 2.09. The molecule has 3 heterocycles. The molecule has 2 aromatic heterocycles. The number of carbonyl (C=O) groups is 1. The topological polar surface area (TPSA) is 71.3 Å². The van der Waals surface area contributed by atoms with Gasteiger partial charge in [0.05, 0.1) is 6.54 Å². The predicted octanol–water partition coefficient (Wildman–Crippen LogP) is 1.90. The van der Waals surface area contributed by atoms with E-state index in [9.17, 15) is 4.79 Å². The third-order valence-electron chi connectivity index (χ3n) is 3.52. The molecule has 0 spiro atoms. The van der Waals surface area contributed by atoms with Crippen LogP contribution in [0.5, 0.6) is 0 Å². The van der Waals surface area contributed by atoms with Gasteiger partial charge in [-0.1, -0.05) is 5.16 Å². The number of hydrogen-bond acceptors (Lipinski definition) is 6. The summed E-state index contributed by atoms with van der Waals surface area (Å²) < 4.78 is 5.32. The first-order valence-electron chi connectivity index (χ1n) is 7.05. The maximum Gasteiger partial charge on any atom is 0.241 e. The third kappa shape index (κ3) is 3.68. The number of rotatable bonds is 4. The van der Waals surface area contributed by atoms with Crippen LogP contribution in [-0.2, 0) is 11.3 Å². The van der Waals surface area contributed by atoms with Gasteiger partial charge in [0.2, 0.25) is 17.6 Å². The summed E-state index contributed by atoms with van der Waals surface area (Å²) in [5.74, 6) is 1.29. The van der Waals surface area contributed by atoms with Crippen molar-refractivity contribution in [1.82, 2.24) is 20.4 Å². The van der Waals surface area contributed by atoms with E-state index < -0.39 is 0 Å².